The topological polar surface area (TPSA) is 69.7 Å². The molecule has 2 aromatic carbocycles. The number of rotatable bonds is 4. The molecule has 0 spiro atoms. The first-order valence-electron chi connectivity index (χ1n) is 8.24. The van der Waals surface area contributed by atoms with E-state index >= 15 is 0 Å². The fraction of sp³-hybridized carbons (Fsp3) is 0.211. The Bertz CT molecular complexity index is 1160. The predicted molar refractivity (Wildman–Crippen MR) is 95.1 cm³/mol. The van der Waals surface area contributed by atoms with Crippen LogP contribution in [-0.4, -0.2) is 33.6 Å². The van der Waals surface area contributed by atoms with Crippen LogP contribution in [0.2, 0.25) is 0 Å². The van der Waals surface area contributed by atoms with Crippen molar-refractivity contribution >= 4 is 27.0 Å². The average molecular weight is 448 g/mol. The minimum atomic E-state index is -4.90. The van der Waals surface area contributed by atoms with Crippen LogP contribution >= 0.6 is 0 Å². The molecule has 0 aliphatic carbocycles. The van der Waals surface area contributed by atoms with Gasteiger partial charge in [-0.15, -0.1) is 13.2 Å². The third-order valence-electron chi connectivity index (χ3n) is 4.26. The van der Waals surface area contributed by atoms with Crippen LogP contribution in [0, 0.1) is 18.6 Å². The maximum atomic E-state index is 14.3. The largest absolute Gasteiger partial charge is 0.573 e. The van der Waals surface area contributed by atoms with Crippen molar-refractivity contribution in [3.05, 3.63) is 58.7 Å². The fourth-order valence-corrected chi connectivity index (χ4v) is 3.88. The van der Waals surface area contributed by atoms with E-state index in [1.807, 2.05) is 0 Å². The zero-order chi connectivity index (χ0) is 22.4. The number of benzene rings is 2. The Hall–Kier alpha value is -2.95. The lowest BCUT2D eigenvalue weighted by Gasteiger charge is -2.13. The minimum absolute atomic E-state index is 0.0566. The summed E-state index contributed by atoms with van der Waals surface area (Å²) in [4.78, 5) is 11.1. The summed E-state index contributed by atoms with van der Waals surface area (Å²) < 4.78 is 97.8. The van der Waals surface area contributed by atoms with Gasteiger partial charge in [-0.3, -0.25) is 0 Å². The number of carbonyl (C=O) groups is 1. The van der Waals surface area contributed by atoms with E-state index in [-0.39, 0.29) is 34.4 Å². The molecule has 1 heterocycles. The highest BCUT2D eigenvalue weighted by Gasteiger charge is 2.33. The summed E-state index contributed by atoms with van der Waals surface area (Å²) in [6, 6.07) is 4.92. The van der Waals surface area contributed by atoms with E-state index in [1.165, 1.54) is 19.1 Å². The first-order chi connectivity index (χ1) is 13.8. The summed E-state index contributed by atoms with van der Waals surface area (Å²) in [5, 5.41) is 0. The van der Waals surface area contributed by atoms with Gasteiger partial charge in [0.1, 0.15) is 28.9 Å². The predicted octanol–water partition coefficient (Wildman–Crippen LogP) is 4.04. The van der Waals surface area contributed by atoms with Gasteiger partial charge in [0.05, 0.1) is 5.57 Å². The summed E-state index contributed by atoms with van der Waals surface area (Å²) in [5.74, 6) is -4.01. The zero-order valence-corrected chi connectivity index (χ0v) is 16.2. The molecule has 0 aromatic heterocycles. The number of ether oxygens (including phenoxy) is 2. The van der Waals surface area contributed by atoms with E-state index < -0.39 is 44.4 Å². The molecule has 1 aliphatic heterocycles. The molecular weight excluding hydrogens is 435 g/mol. The first kappa shape index (κ1) is 21.8. The molecule has 0 N–H and O–H groups in total. The van der Waals surface area contributed by atoms with Gasteiger partial charge >= 0.3 is 12.3 Å². The first-order valence-corrected chi connectivity index (χ1v) is 10.1. The van der Waals surface area contributed by atoms with Crippen LogP contribution in [0.25, 0.3) is 11.1 Å². The minimum Gasteiger partial charge on any atom is -0.457 e. The lowest BCUT2D eigenvalue weighted by atomic mass is 9.95. The average Bonchev–Trinajstić information content (AvgIpc) is 2.95. The Labute approximate surface area is 167 Å². The maximum Gasteiger partial charge on any atom is 0.573 e. The molecular formula is C19H13F5O5S. The molecule has 0 saturated heterocycles. The lowest BCUT2D eigenvalue weighted by molar-refractivity contribution is -0.274. The van der Waals surface area contributed by atoms with Crippen LogP contribution in [0.4, 0.5) is 22.0 Å². The summed E-state index contributed by atoms with van der Waals surface area (Å²) in [5.41, 5.74) is 0.0181. The molecule has 1 aliphatic rings. The molecule has 5 nitrogen and oxygen atoms in total. The molecule has 0 saturated carbocycles. The van der Waals surface area contributed by atoms with E-state index in [2.05, 4.69) is 4.74 Å². The Kier molecular flexibility index (Phi) is 5.35. The third kappa shape index (κ3) is 4.30. The van der Waals surface area contributed by atoms with Gasteiger partial charge in [-0.2, -0.15) is 0 Å². The number of carbonyl (C=O) groups excluding carboxylic acids is 1. The highest BCUT2D eigenvalue weighted by atomic mass is 32.2. The highest BCUT2D eigenvalue weighted by Crippen LogP contribution is 2.37. The van der Waals surface area contributed by atoms with Crippen LogP contribution in [0.15, 0.2) is 35.2 Å². The SMILES string of the molecule is Cc1cc(C2=C(c3cc(F)c(S(C)(=O)=O)c(F)c3)COC2=O)ccc1OC(F)(F)F. The van der Waals surface area contributed by atoms with Gasteiger partial charge in [-0.1, -0.05) is 6.07 Å². The van der Waals surface area contributed by atoms with Gasteiger partial charge in [-0.25, -0.2) is 22.0 Å². The Morgan fingerprint density at radius 3 is 2.13 bits per heavy atom. The van der Waals surface area contributed by atoms with Crippen LogP contribution in [0.1, 0.15) is 16.7 Å². The van der Waals surface area contributed by atoms with E-state index in [1.54, 1.807) is 0 Å². The van der Waals surface area contributed by atoms with Crippen LogP contribution < -0.4 is 4.74 Å². The van der Waals surface area contributed by atoms with Gasteiger partial charge in [0.25, 0.3) is 0 Å². The molecule has 30 heavy (non-hydrogen) atoms. The molecule has 160 valence electrons. The van der Waals surface area contributed by atoms with Crippen molar-refractivity contribution in [1.29, 1.82) is 0 Å². The van der Waals surface area contributed by atoms with Gasteiger partial charge < -0.3 is 9.47 Å². The zero-order valence-electron chi connectivity index (χ0n) is 15.4. The number of esters is 1. The Balaban J connectivity index is 2.12. The van der Waals surface area contributed by atoms with Crippen LogP contribution in [0.5, 0.6) is 5.75 Å². The van der Waals surface area contributed by atoms with Crippen LogP contribution in [-0.2, 0) is 19.4 Å². The van der Waals surface area contributed by atoms with Gasteiger partial charge in [0, 0.05) is 11.8 Å². The number of aryl methyl sites for hydroxylation is 1. The monoisotopic (exact) mass is 448 g/mol. The van der Waals surface area contributed by atoms with E-state index in [4.69, 9.17) is 4.74 Å². The maximum absolute atomic E-state index is 14.3. The molecule has 11 heteroatoms. The van der Waals surface area contributed by atoms with Gasteiger partial charge in [-0.05, 0) is 47.9 Å². The van der Waals surface area contributed by atoms with E-state index in [0.717, 1.165) is 18.2 Å². The number of cyclic esters (lactones) is 1. The second-order valence-corrected chi connectivity index (χ2v) is 8.45. The molecule has 0 fully saturated rings. The third-order valence-corrected chi connectivity index (χ3v) is 5.39. The summed E-state index contributed by atoms with van der Waals surface area (Å²) in [7, 11) is -4.18. The van der Waals surface area contributed by atoms with Crippen molar-refractivity contribution in [3.63, 3.8) is 0 Å². The number of alkyl halides is 3. The quantitative estimate of drug-likeness (QED) is 0.522. The van der Waals surface area contributed by atoms with Gasteiger partial charge in [0.2, 0.25) is 0 Å². The second kappa shape index (κ2) is 7.38. The molecule has 0 amide bonds. The molecule has 0 unspecified atom stereocenters. The normalized spacial score (nSPS) is 14.8. The molecule has 0 atom stereocenters. The number of sulfone groups is 1. The lowest BCUT2D eigenvalue weighted by Crippen LogP contribution is -2.17. The summed E-state index contributed by atoms with van der Waals surface area (Å²) in [6.07, 6.45) is -4.26. The number of halogens is 5. The standard InChI is InChI=1S/C19H13F5O5S/c1-9-5-10(3-4-15(9)29-19(22,23)24)16-12(8-28-18(16)25)11-6-13(20)17(14(21)7-11)30(2,26)27/h3-7H,8H2,1-2H3. The van der Waals surface area contributed by atoms with E-state index in [9.17, 15) is 35.2 Å². The van der Waals surface area contributed by atoms with Crippen molar-refractivity contribution in [3.8, 4) is 5.75 Å². The van der Waals surface area contributed by atoms with Gasteiger partial charge in [0.15, 0.2) is 9.84 Å². The second-order valence-electron chi connectivity index (χ2n) is 6.50. The summed E-state index contributed by atoms with van der Waals surface area (Å²) in [6.45, 7) is 0.969. The van der Waals surface area contributed by atoms with Crippen molar-refractivity contribution < 1.29 is 44.6 Å². The van der Waals surface area contributed by atoms with Crippen molar-refractivity contribution in [2.24, 2.45) is 0 Å². The fourth-order valence-electron chi connectivity index (χ4n) is 3.06. The van der Waals surface area contributed by atoms with Crippen LogP contribution in [0.3, 0.4) is 0 Å². The van der Waals surface area contributed by atoms with Crippen molar-refractivity contribution in [1.82, 2.24) is 0 Å². The molecule has 0 bridgehead atoms. The smallest absolute Gasteiger partial charge is 0.457 e. The Morgan fingerprint density at radius 2 is 1.63 bits per heavy atom. The number of hydrogen-bond donors (Lipinski definition) is 0. The number of hydrogen-bond acceptors (Lipinski definition) is 5. The van der Waals surface area contributed by atoms with Crippen molar-refractivity contribution in [2.75, 3.05) is 12.9 Å². The highest BCUT2D eigenvalue weighted by molar-refractivity contribution is 7.90. The van der Waals surface area contributed by atoms with Crippen molar-refractivity contribution in [2.45, 2.75) is 18.2 Å². The Morgan fingerprint density at radius 1 is 1.03 bits per heavy atom. The summed E-state index contributed by atoms with van der Waals surface area (Å²) >= 11 is 0. The molecule has 0 radical (unpaired) electrons. The van der Waals surface area contributed by atoms with E-state index in [0.29, 0.717) is 6.26 Å². The molecule has 2 aromatic rings. The molecule has 3 rings (SSSR count).